The minimum Gasteiger partial charge on any atom is -0.462 e. The molecule has 0 saturated heterocycles. The molecule has 0 heterocycles. The van der Waals surface area contributed by atoms with E-state index in [1.54, 1.807) is 36.4 Å². The van der Waals surface area contributed by atoms with Crippen LogP contribution in [-0.4, -0.2) is 43.1 Å². The van der Waals surface area contributed by atoms with Crippen molar-refractivity contribution in [3.63, 3.8) is 0 Å². The first kappa shape index (κ1) is 28.9. The van der Waals surface area contributed by atoms with Crippen molar-refractivity contribution in [3.05, 3.63) is 65.2 Å². The summed E-state index contributed by atoms with van der Waals surface area (Å²) >= 11 is 0. The van der Waals surface area contributed by atoms with E-state index in [2.05, 4.69) is 26.1 Å². The van der Waals surface area contributed by atoms with Gasteiger partial charge in [0.05, 0.1) is 23.3 Å². The molecule has 3 atom stereocenters. The van der Waals surface area contributed by atoms with Gasteiger partial charge >= 0.3 is 17.9 Å². The van der Waals surface area contributed by atoms with Gasteiger partial charge in [-0.3, -0.25) is 4.79 Å². The maximum absolute atomic E-state index is 13.1. The highest BCUT2D eigenvalue weighted by Gasteiger charge is 2.34. The van der Waals surface area contributed by atoms with Gasteiger partial charge in [-0.05, 0) is 73.4 Å². The van der Waals surface area contributed by atoms with E-state index in [0.29, 0.717) is 29.7 Å². The fraction of sp³-hybridized carbons (Fsp3) is 0.467. The molecule has 0 spiro atoms. The molecule has 1 saturated carbocycles. The normalized spacial score (nSPS) is 18.9. The van der Waals surface area contributed by atoms with Crippen LogP contribution < -0.4 is 5.32 Å². The first-order chi connectivity index (χ1) is 18.2. The Balaban J connectivity index is 1.58. The Hall–Kier alpha value is -3.68. The summed E-state index contributed by atoms with van der Waals surface area (Å²) in [6.45, 7) is 8.12. The molecule has 1 aliphatic carbocycles. The molecule has 0 aromatic heterocycles. The van der Waals surface area contributed by atoms with E-state index in [0.717, 1.165) is 25.7 Å². The molecule has 2 aromatic rings. The average Bonchev–Trinajstić information content (AvgIpc) is 2.90. The number of ether oxygens (including phenoxy) is 3. The zero-order valence-electron chi connectivity index (χ0n) is 22.5. The largest absolute Gasteiger partial charge is 0.462 e. The lowest BCUT2D eigenvalue weighted by Crippen LogP contribution is -2.36. The summed E-state index contributed by atoms with van der Waals surface area (Å²) < 4.78 is 16.2. The number of amides is 1. The average molecular weight is 524 g/mol. The third-order valence-electron chi connectivity index (χ3n) is 6.76. The van der Waals surface area contributed by atoms with Gasteiger partial charge in [0.25, 0.3) is 5.91 Å². The van der Waals surface area contributed by atoms with Crippen LogP contribution in [-0.2, 0) is 19.0 Å². The first-order valence-electron chi connectivity index (χ1n) is 13.2. The lowest BCUT2D eigenvalue weighted by Gasteiger charge is -2.36. The third kappa shape index (κ3) is 7.91. The number of carbonyl (C=O) groups excluding carboxylic acids is 4. The number of carbonyl (C=O) groups is 4. The summed E-state index contributed by atoms with van der Waals surface area (Å²) in [4.78, 5) is 50.1. The van der Waals surface area contributed by atoms with Crippen molar-refractivity contribution in [2.24, 2.45) is 17.8 Å². The van der Waals surface area contributed by atoms with Crippen LogP contribution in [0.4, 0.5) is 5.69 Å². The van der Waals surface area contributed by atoms with Crippen molar-refractivity contribution in [2.45, 2.75) is 59.5 Å². The Kier molecular flexibility index (Phi) is 10.4. The van der Waals surface area contributed by atoms with Gasteiger partial charge in [-0.15, -0.1) is 0 Å². The van der Waals surface area contributed by atoms with Crippen LogP contribution in [0.2, 0.25) is 0 Å². The number of rotatable bonds is 10. The molecule has 2 aromatic carbocycles. The van der Waals surface area contributed by atoms with Crippen LogP contribution in [0, 0.1) is 17.8 Å². The minimum absolute atomic E-state index is 0.0465. The molecule has 3 rings (SSSR count). The first-order valence-corrected chi connectivity index (χ1v) is 13.2. The fourth-order valence-electron chi connectivity index (χ4n) is 4.66. The topological polar surface area (TPSA) is 108 Å². The van der Waals surface area contributed by atoms with E-state index in [1.807, 2.05) is 6.92 Å². The van der Waals surface area contributed by atoms with Crippen molar-refractivity contribution < 1.29 is 33.4 Å². The van der Waals surface area contributed by atoms with Crippen molar-refractivity contribution in [1.82, 2.24) is 0 Å². The van der Waals surface area contributed by atoms with Gasteiger partial charge in [0.15, 0.2) is 6.61 Å². The third-order valence-corrected chi connectivity index (χ3v) is 6.76. The summed E-state index contributed by atoms with van der Waals surface area (Å²) in [5.74, 6) is -1.24. The highest BCUT2D eigenvalue weighted by atomic mass is 16.5. The number of anilines is 1. The zero-order valence-corrected chi connectivity index (χ0v) is 22.5. The molecule has 204 valence electrons. The number of hydrogen-bond donors (Lipinski definition) is 1. The van der Waals surface area contributed by atoms with Crippen molar-refractivity contribution in [2.75, 3.05) is 18.5 Å². The van der Waals surface area contributed by atoms with E-state index in [9.17, 15) is 19.2 Å². The van der Waals surface area contributed by atoms with Gasteiger partial charge < -0.3 is 19.5 Å². The Labute approximate surface area is 224 Å². The Morgan fingerprint density at radius 1 is 0.895 bits per heavy atom. The Morgan fingerprint density at radius 3 is 2.18 bits per heavy atom. The zero-order chi connectivity index (χ0) is 27.7. The van der Waals surface area contributed by atoms with Crippen LogP contribution in [0.1, 0.15) is 84.5 Å². The van der Waals surface area contributed by atoms with Gasteiger partial charge in [0.2, 0.25) is 0 Å². The quantitative estimate of drug-likeness (QED) is 0.316. The lowest BCUT2D eigenvalue weighted by atomic mass is 9.75. The highest BCUT2D eigenvalue weighted by Crippen LogP contribution is 2.35. The molecular weight excluding hydrogens is 486 g/mol. The van der Waals surface area contributed by atoms with Crippen molar-refractivity contribution >= 4 is 29.5 Å². The smallest absolute Gasteiger partial charge is 0.339 e. The monoisotopic (exact) mass is 523 g/mol. The van der Waals surface area contributed by atoms with Crippen molar-refractivity contribution in [3.8, 4) is 0 Å². The molecule has 38 heavy (non-hydrogen) atoms. The van der Waals surface area contributed by atoms with Crippen LogP contribution in [0.3, 0.4) is 0 Å². The second-order valence-electron chi connectivity index (χ2n) is 10.2. The van der Waals surface area contributed by atoms with E-state index < -0.39 is 30.4 Å². The molecule has 1 N–H and O–H groups in total. The number of hydrogen-bond acceptors (Lipinski definition) is 7. The molecular formula is C30H37NO7. The van der Waals surface area contributed by atoms with Crippen LogP contribution in [0.15, 0.2) is 48.5 Å². The number of nitrogens with one attached hydrogen (secondary N) is 1. The molecule has 0 aliphatic heterocycles. The van der Waals surface area contributed by atoms with E-state index >= 15 is 0 Å². The molecule has 8 heteroatoms. The van der Waals surface area contributed by atoms with Gasteiger partial charge in [-0.2, -0.15) is 0 Å². The Bertz CT molecular complexity index is 1130. The fourth-order valence-corrected chi connectivity index (χ4v) is 4.66. The molecule has 8 nitrogen and oxygen atoms in total. The molecule has 0 unspecified atom stereocenters. The van der Waals surface area contributed by atoms with Crippen molar-refractivity contribution in [1.29, 1.82) is 0 Å². The summed E-state index contributed by atoms with van der Waals surface area (Å²) in [6.07, 6.45) is 3.42. The lowest BCUT2D eigenvalue weighted by molar-refractivity contribution is -0.119. The predicted molar refractivity (Wildman–Crippen MR) is 143 cm³/mol. The van der Waals surface area contributed by atoms with Crippen LogP contribution in [0.25, 0.3) is 0 Å². The number of esters is 3. The maximum Gasteiger partial charge on any atom is 0.339 e. The predicted octanol–water partition coefficient (Wildman–Crippen LogP) is 5.67. The molecule has 1 aliphatic rings. The SMILES string of the molecule is CCCOC(=O)c1ccc(NC(=O)COC(=O)c2ccccc2C(=O)O[C@@H]2C[C@@H](C)CC[C@@H]2C(C)C)cc1. The van der Waals surface area contributed by atoms with Crippen LogP contribution in [0.5, 0.6) is 0 Å². The number of benzene rings is 2. The van der Waals surface area contributed by atoms with E-state index in [4.69, 9.17) is 14.2 Å². The summed E-state index contributed by atoms with van der Waals surface area (Å²) in [5.41, 5.74) is 0.964. The minimum atomic E-state index is -0.792. The second-order valence-corrected chi connectivity index (χ2v) is 10.2. The highest BCUT2D eigenvalue weighted by molar-refractivity contribution is 6.04. The van der Waals surface area contributed by atoms with E-state index in [1.165, 1.54) is 12.1 Å². The maximum atomic E-state index is 13.1. The Morgan fingerprint density at radius 2 is 1.55 bits per heavy atom. The molecule has 1 fully saturated rings. The summed E-state index contributed by atoms with van der Waals surface area (Å²) in [6, 6.07) is 12.5. The molecule has 0 radical (unpaired) electrons. The standard InChI is InChI=1S/C30H37NO7/c1-5-16-36-28(33)21-11-13-22(14-12-21)31-27(32)18-37-29(34)24-8-6-7-9-25(24)30(35)38-26-17-20(4)10-15-23(26)19(2)3/h6-9,11-14,19-20,23,26H,5,10,15-18H2,1-4H3,(H,31,32)/t20-,23+,26+/m0/s1. The summed E-state index contributed by atoms with van der Waals surface area (Å²) in [5, 5.41) is 2.61. The van der Waals surface area contributed by atoms with Gasteiger partial charge in [0.1, 0.15) is 6.10 Å². The van der Waals surface area contributed by atoms with Gasteiger partial charge in [-0.1, -0.05) is 46.2 Å². The van der Waals surface area contributed by atoms with Gasteiger partial charge in [-0.25, -0.2) is 14.4 Å². The second kappa shape index (κ2) is 13.7. The summed E-state index contributed by atoms with van der Waals surface area (Å²) in [7, 11) is 0. The van der Waals surface area contributed by atoms with Crippen LogP contribution >= 0.6 is 0 Å². The van der Waals surface area contributed by atoms with Gasteiger partial charge in [0, 0.05) is 5.69 Å². The molecule has 1 amide bonds. The molecule has 0 bridgehead atoms. The van der Waals surface area contributed by atoms with E-state index in [-0.39, 0.29) is 23.1 Å².